The molecular weight excluding hydrogens is 350 g/mol. The third-order valence-corrected chi connectivity index (χ3v) is 5.16. The molecule has 1 atom stereocenters. The van der Waals surface area contributed by atoms with Gasteiger partial charge in [0.25, 0.3) is 5.91 Å². The Kier molecular flexibility index (Phi) is 6.82. The highest BCUT2D eigenvalue weighted by Crippen LogP contribution is 2.25. The molecule has 0 bridgehead atoms. The lowest BCUT2D eigenvalue weighted by molar-refractivity contribution is 0.0928. The third-order valence-electron chi connectivity index (χ3n) is 5.16. The van der Waals surface area contributed by atoms with Crippen LogP contribution in [0.4, 0.5) is 0 Å². The molecule has 0 aliphatic rings. The van der Waals surface area contributed by atoms with E-state index in [4.69, 9.17) is 4.52 Å². The first-order valence-electron chi connectivity index (χ1n) is 10.1. The zero-order chi connectivity index (χ0) is 19.9. The second-order valence-electron chi connectivity index (χ2n) is 7.18. The number of rotatable bonds is 9. The van der Waals surface area contributed by atoms with Crippen molar-refractivity contribution in [3.8, 4) is 11.3 Å². The van der Waals surface area contributed by atoms with Crippen LogP contribution < -0.4 is 5.32 Å². The number of carbonyl (C=O) groups is 1. The van der Waals surface area contributed by atoms with Gasteiger partial charge in [-0.3, -0.25) is 4.79 Å². The van der Waals surface area contributed by atoms with Gasteiger partial charge in [0, 0.05) is 17.7 Å². The Bertz CT molecular complexity index is 915. The van der Waals surface area contributed by atoms with Gasteiger partial charge in [0.15, 0.2) is 11.5 Å². The molecule has 3 aromatic rings. The summed E-state index contributed by atoms with van der Waals surface area (Å²) in [5.41, 5.74) is 1.23. The standard InChI is InChI=1S/C23H29N3O2/c1-4-26(5-2)14-8-9-17(3)24-23(27)21-16-22(28-25-21)20-13-12-18-10-6-7-11-19(18)15-20/h6-7,10-13,15-17H,4-5,8-9,14H2,1-3H3,(H,24,27)/t17-/m0/s1. The van der Waals surface area contributed by atoms with Crippen molar-refractivity contribution in [1.29, 1.82) is 0 Å². The van der Waals surface area contributed by atoms with Gasteiger partial charge in [-0.1, -0.05) is 55.4 Å². The van der Waals surface area contributed by atoms with Crippen molar-refractivity contribution in [2.24, 2.45) is 0 Å². The van der Waals surface area contributed by atoms with E-state index in [0.717, 1.165) is 43.4 Å². The average molecular weight is 380 g/mol. The monoisotopic (exact) mass is 379 g/mol. The van der Waals surface area contributed by atoms with Crippen LogP contribution in [-0.4, -0.2) is 41.6 Å². The molecule has 5 nitrogen and oxygen atoms in total. The van der Waals surface area contributed by atoms with Gasteiger partial charge < -0.3 is 14.7 Å². The number of hydrogen-bond donors (Lipinski definition) is 1. The fraction of sp³-hybridized carbons (Fsp3) is 0.391. The third kappa shape index (κ3) is 4.98. The van der Waals surface area contributed by atoms with Gasteiger partial charge in [0.2, 0.25) is 0 Å². The van der Waals surface area contributed by atoms with Crippen molar-refractivity contribution in [2.75, 3.05) is 19.6 Å². The van der Waals surface area contributed by atoms with Crippen LogP contribution in [-0.2, 0) is 0 Å². The molecule has 1 amide bonds. The molecule has 5 heteroatoms. The number of amides is 1. The smallest absolute Gasteiger partial charge is 0.273 e. The maximum atomic E-state index is 12.5. The quantitative estimate of drug-likeness (QED) is 0.584. The number of nitrogens with zero attached hydrogens (tertiary/aromatic N) is 2. The molecule has 0 saturated heterocycles. The van der Waals surface area contributed by atoms with Crippen molar-refractivity contribution >= 4 is 16.7 Å². The van der Waals surface area contributed by atoms with E-state index in [1.165, 1.54) is 5.39 Å². The molecule has 28 heavy (non-hydrogen) atoms. The van der Waals surface area contributed by atoms with Gasteiger partial charge in [-0.15, -0.1) is 0 Å². The van der Waals surface area contributed by atoms with Gasteiger partial charge in [-0.25, -0.2) is 0 Å². The number of carbonyl (C=O) groups excluding carboxylic acids is 1. The van der Waals surface area contributed by atoms with Gasteiger partial charge in [-0.2, -0.15) is 0 Å². The van der Waals surface area contributed by atoms with Crippen molar-refractivity contribution in [3.05, 3.63) is 54.2 Å². The second-order valence-corrected chi connectivity index (χ2v) is 7.18. The van der Waals surface area contributed by atoms with Crippen LogP contribution >= 0.6 is 0 Å². The van der Waals surface area contributed by atoms with E-state index in [1.807, 2.05) is 37.3 Å². The molecule has 1 heterocycles. The summed E-state index contributed by atoms with van der Waals surface area (Å²) in [5, 5.41) is 9.28. The Morgan fingerprint density at radius 2 is 1.86 bits per heavy atom. The van der Waals surface area contributed by atoms with Crippen LogP contribution in [0.5, 0.6) is 0 Å². The van der Waals surface area contributed by atoms with Crippen LogP contribution in [0.2, 0.25) is 0 Å². The molecule has 1 aromatic heterocycles. The van der Waals surface area contributed by atoms with Crippen LogP contribution in [0, 0.1) is 0 Å². The molecular formula is C23H29N3O2. The number of nitrogens with one attached hydrogen (secondary N) is 1. The van der Waals surface area contributed by atoms with E-state index < -0.39 is 0 Å². The molecule has 2 aromatic carbocycles. The molecule has 0 aliphatic carbocycles. The summed E-state index contributed by atoms with van der Waals surface area (Å²) in [7, 11) is 0. The molecule has 0 saturated carbocycles. The summed E-state index contributed by atoms with van der Waals surface area (Å²) in [6.45, 7) is 9.56. The van der Waals surface area contributed by atoms with E-state index in [9.17, 15) is 4.79 Å². The maximum Gasteiger partial charge on any atom is 0.273 e. The fourth-order valence-corrected chi connectivity index (χ4v) is 3.39. The highest BCUT2D eigenvalue weighted by molar-refractivity contribution is 5.93. The Morgan fingerprint density at radius 1 is 1.11 bits per heavy atom. The lowest BCUT2D eigenvalue weighted by atomic mass is 10.1. The Morgan fingerprint density at radius 3 is 2.61 bits per heavy atom. The number of benzene rings is 2. The lowest BCUT2D eigenvalue weighted by Gasteiger charge is -2.19. The van der Waals surface area contributed by atoms with Gasteiger partial charge in [0.1, 0.15) is 0 Å². The van der Waals surface area contributed by atoms with Crippen LogP contribution in [0.3, 0.4) is 0 Å². The molecule has 0 fully saturated rings. The maximum absolute atomic E-state index is 12.5. The van der Waals surface area contributed by atoms with Crippen LogP contribution in [0.25, 0.3) is 22.1 Å². The summed E-state index contributed by atoms with van der Waals surface area (Å²) in [6, 6.07) is 16.0. The van der Waals surface area contributed by atoms with Gasteiger partial charge >= 0.3 is 0 Å². The average Bonchev–Trinajstić information content (AvgIpc) is 3.21. The summed E-state index contributed by atoms with van der Waals surface area (Å²) in [5.74, 6) is 0.413. The van der Waals surface area contributed by atoms with E-state index in [2.05, 4.69) is 41.4 Å². The van der Waals surface area contributed by atoms with Crippen molar-refractivity contribution in [1.82, 2.24) is 15.4 Å². The second kappa shape index (κ2) is 9.51. The van der Waals surface area contributed by atoms with Crippen molar-refractivity contribution < 1.29 is 9.32 Å². The zero-order valence-corrected chi connectivity index (χ0v) is 16.9. The minimum absolute atomic E-state index is 0.101. The van der Waals surface area contributed by atoms with Crippen molar-refractivity contribution in [3.63, 3.8) is 0 Å². The summed E-state index contributed by atoms with van der Waals surface area (Å²) >= 11 is 0. The SMILES string of the molecule is CCN(CC)CCC[C@H](C)NC(=O)c1cc(-c2ccc3ccccc3c2)on1. The number of fused-ring (bicyclic) bond motifs is 1. The zero-order valence-electron chi connectivity index (χ0n) is 16.9. The number of aromatic nitrogens is 1. The molecule has 0 aliphatic heterocycles. The molecule has 1 N–H and O–H groups in total. The Balaban J connectivity index is 1.58. The number of hydrogen-bond acceptors (Lipinski definition) is 4. The van der Waals surface area contributed by atoms with Crippen LogP contribution in [0.15, 0.2) is 53.1 Å². The molecule has 0 radical (unpaired) electrons. The van der Waals surface area contributed by atoms with E-state index >= 15 is 0 Å². The predicted octanol–water partition coefficient (Wildman–Crippen LogP) is 4.74. The summed E-state index contributed by atoms with van der Waals surface area (Å²) in [6.07, 6.45) is 2.00. The molecule has 3 rings (SSSR count). The normalized spacial score (nSPS) is 12.4. The van der Waals surface area contributed by atoms with E-state index in [1.54, 1.807) is 6.07 Å². The first-order valence-corrected chi connectivity index (χ1v) is 10.1. The highest BCUT2D eigenvalue weighted by Gasteiger charge is 2.16. The molecule has 0 unspecified atom stereocenters. The Hall–Kier alpha value is -2.66. The molecule has 148 valence electrons. The summed E-state index contributed by atoms with van der Waals surface area (Å²) in [4.78, 5) is 14.9. The van der Waals surface area contributed by atoms with E-state index in [-0.39, 0.29) is 11.9 Å². The largest absolute Gasteiger partial charge is 0.355 e. The Labute approximate surface area is 166 Å². The fourth-order valence-electron chi connectivity index (χ4n) is 3.39. The first-order chi connectivity index (χ1) is 13.6. The first kappa shape index (κ1) is 20.1. The van der Waals surface area contributed by atoms with E-state index in [0.29, 0.717) is 11.5 Å². The predicted molar refractivity (Wildman–Crippen MR) is 113 cm³/mol. The van der Waals surface area contributed by atoms with Crippen LogP contribution in [0.1, 0.15) is 44.1 Å². The highest BCUT2D eigenvalue weighted by atomic mass is 16.5. The van der Waals surface area contributed by atoms with Crippen molar-refractivity contribution in [2.45, 2.75) is 39.7 Å². The lowest BCUT2D eigenvalue weighted by Crippen LogP contribution is -2.33. The molecule has 0 spiro atoms. The summed E-state index contributed by atoms with van der Waals surface area (Å²) < 4.78 is 5.43. The topological polar surface area (TPSA) is 58.4 Å². The minimum Gasteiger partial charge on any atom is -0.355 e. The van der Waals surface area contributed by atoms with Gasteiger partial charge in [-0.05, 0) is 56.2 Å². The van der Waals surface area contributed by atoms with Gasteiger partial charge in [0.05, 0.1) is 0 Å². The minimum atomic E-state index is -0.189.